The Bertz CT molecular complexity index is 607. The smallest absolute Gasteiger partial charge is 0.101 e. The number of hydrogen-bond donors (Lipinski definition) is 1. The quantitative estimate of drug-likeness (QED) is 0.854. The number of nitrogens with zero attached hydrogens (tertiary/aromatic N) is 1. The summed E-state index contributed by atoms with van der Waals surface area (Å²) in [5, 5.41) is 12.9. The van der Waals surface area contributed by atoms with Crippen LogP contribution in [0.4, 0.5) is 11.4 Å². The van der Waals surface area contributed by atoms with Gasteiger partial charge in [-0.3, -0.25) is 0 Å². The number of nitrogens with one attached hydrogen (secondary N) is 1. The first-order valence-electron chi connectivity index (χ1n) is 5.63. The van der Waals surface area contributed by atoms with E-state index in [1.807, 2.05) is 32.0 Å². The highest BCUT2D eigenvalue weighted by atomic mass is 35.5. The monoisotopic (exact) mass is 256 g/mol. The van der Waals surface area contributed by atoms with Crippen molar-refractivity contribution in [1.29, 1.82) is 5.26 Å². The van der Waals surface area contributed by atoms with Crippen molar-refractivity contribution in [3.05, 3.63) is 58.1 Å². The zero-order valence-electron chi connectivity index (χ0n) is 10.3. The van der Waals surface area contributed by atoms with Crippen molar-refractivity contribution in [1.82, 2.24) is 0 Å². The lowest BCUT2D eigenvalue weighted by Gasteiger charge is -2.10. The maximum Gasteiger partial charge on any atom is 0.101 e. The van der Waals surface area contributed by atoms with Crippen LogP contribution in [0.3, 0.4) is 0 Å². The standard InChI is InChI=1S/C15H13ClN2/c1-10-5-11(2)7-14(6-10)18-15-4-3-13(16)8-12(15)9-17/h3-8,18H,1-2H3. The van der Waals surface area contributed by atoms with Crippen molar-refractivity contribution in [2.75, 3.05) is 5.32 Å². The topological polar surface area (TPSA) is 35.8 Å². The highest BCUT2D eigenvalue weighted by Crippen LogP contribution is 2.24. The number of halogens is 1. The van der Waals surface area contributed by atoms with Crippen LogP contribution in [-0.4, -0.2) is 0 Å². The molecule has 0 radical (unpaired) electrons. The van der Waals surface area contributed by atoms with E-state index in [4.69, 9.17) is 16.9 Å². The normalized spacial score (nSPS) is 9.89. The summed E-state index contributed by atoms with van der Waals surface area (Å²) in [4.78, 5) is 0. The average Bonchev–Trinajstić information content (AvgIpc) is 2.30. The molecule has 0 aliphatic carbocycles. The first kappa shape index (κ1) is 12.5. The average molecular weight is 257 g/mol. The highest BCUT2D eigenvalue weighted by molar-refractivity contribution is 6.30. The minimum Gasteiger partial charge on any atom is -0.354 e. The Morgan fingerprint density at radius 2 is 1.72 bits per heavy atom. The highest BCUT2D eigenvalue weighted by Gasteiger charge is 2.04. The molecule has 0 aliphatic heterocycles. The van der Waals surface area contributed by atoms with Gasteiger partial charge in [-0.2, -0.15) is 5.26 Å². The van der Waals surface area contributed by atoms with Gasteiger partial charge in [-0.1, -0.05) is 17.7 Å². The summed E-state index contributed by atoms with van der Waals surface area (Å²) in [7, 11) is 0. The van der Waals surface area contributed by atoms with Gasteiger partial charge < -0.3 is 5.32 Å². The number of benzene rings is 2. The fourth-order valence-electron chi connectivity index (χ4n) is 1.92. The lowest BCUT2D eigenvalue weighted by Crippen LogP contribution is -1.94. The maximum atomic E-state index is 9.08. The minimum absolute atomic E-state index is 0.543. The van der Waals surface area contributed by atoms with Gasteiger partial charge in [0.2, 0.25) is 0 Å². The molecule has 0 aromatic heterocycles. The van der Waals surface area contributed by atoms with Crippen LogP contribution in [-0.2, 0) is 0 Å². The fourth-order valence-corrected chi connectivity index (χ4v) is 2.09. The zero-order chi connectivity index (χ0) is 13.1. The molecule has 0 atom stereocenters. The molecule has 90 valence electrons. The Labute approximate surface area is 112 Å². The van der Waals surface area contributed by atoms with E-state index in [0.717, 1.165) is 11.4 Å². The van der Waals surface area contributed by atoms with E-state index in [2.05, 4.69) is 17.5 Å². The molecule has 0 fully saturated rings. The molecular formula is C15H13ClN2. The van der Waals surface area contributed by atoms with Crippen LogP contribution in [0.25, 0.3) is 0 Å². The first-order chi connectivity index (χ1) is 8.58. The van der Waals surface area contributed by atoms with Crippen LogP contribution in [0.15, 0.2) is 36.4 Å². The number of aryl methyl sites for hydroxylation is 2. The molecule has 2 aromatic rings. The Balaban J connectivity index is 2.37. The van der Waals surface area contributed by atoms with Crippen LogP contribution in [0.2, 0.25) is 5.02 Å². The second-order valence-electron chi connectivity index (χ2n) is 4.30. The van der Waals surface area contributed by atoms with Gasteiger partial charge in [-0.05, 0) is 55.3 Å². The van der Waals surface area contributed by atoms with Crippen molar-refractivity contribution in [2.45, 2.75) is 13.8 Å². The van der Waals surface area contributed by atoms with Crippen molar-refractivity contribution < 1.29 is 0 Å². The molecule has 3 heteroatoms. The van der Waals surface area contributed by atoms with Gasteiger partial charge in [0, 0.05) is 10.7 Å². The minimum atomic E-state index is 0.543. The van der Waals surface area contributed by atoms with Gasteiger partial charge in [0.1, 0.15) is 6.07 Å². The third-order valence-electron chi connectivity index (χ3n) is 2.60. The third kappa shape index (κ3) is 2.82. The molecular weight excluding hydrogens is 244 g/mol. The Kier molecular flexibility index (Phi) is 3.55. The van der Waals surface area contributed by atoms with E-state index in [1.165, 1.54) is 11.1 Å². The summed E-state index contributed by atoms with van der Waals surface area (Å²) < 4.78 is 0. The third-order valence-corrected chi connectivity index (χ3v) is 2.84. The van der Waals surface area contributed by atoms with Gasteiger partial charge in [0.25, 0.3) is 0 Å². The second-order valence-corrected chi connectivity index (χ2v) is 4.74. The summed E-state index contributed by atoms with van der Waals surface area (Å²) in [5.74, 6) is 0. The molecule has 0 heterocycles. The largest absolute Gasteiger partial charge is 0.354 e. The van der Waals surface area contributed by atoms with Gasteiger partial charge in [-0.25, -0.2) is 0 Å². The van der Waals surface area contributed by atoms with E-state index in [0.29, 0.717) is 10.6 Å². The van der Waals surface area contributed by atoms with E-state index in [9.17, 15) is 0 Å². The van der Waals surface area contributed by atoms with Gasteiger partial charge in [0.15, 0.2) is 0 Å². The summed E-state index contributed by atoms with van der Waals surface area (Å²) in [6, 6.07) is 13.6. The predicted molar refractivity (Wildman–Crippen MR) is 75.4 cm³/mol. The summed E-state index contributed by atoms with van der Waals surface area (Å²) >= 11 is 5.87. The first-order valence-corrected chi connectivity index (χ1v) is 6.01. The number of nitriles is 1. The van der Waals surface area contributed by atoms with E-state index in [1.54, 1.807) is 12.1 Å². The molecule has 0 saturated carbocycles. The molecule has 2 nitrogen and oxygen atoms in total. The summed E-state index contributed by atoms with van der Waals surface area (Å²) in [5.41, 5.74) is 4.66. The fraction of sp³-hybridized carbons (Fsp3) is 0.133. The SMILES string of the molecule is Cc1cc(C)cc(Nc2ccc(Cl)cc2C#N)c1. The molecule has 2 rings (SSSR count). The van der Waals surface area contributed by atoms with Gasteiger partial charge in [0.05, 0.1) is 11.3 Å². The number of anilines is 2. The van der Waals surface area contributed by atoms with E-state index < -0.39 is 0 Å². The lowest BCUT2D eigenvalue weighted by molar-refractivity contribution is 1.37. The van der Waals surface area contributed by atoms with Crippen LogP contribution < -0.4 is 5.32 Å². The molecule has 0 aliphatic rings. The van der Waals surface area contributed by atoms with Crippen molar-refractivity contribution in [3.63, 3.8) is 0 Å². The Hall–Kier alpha value is -1.98. The Morgan fingerprint density at radius 3 is 2.33 bits per heavy atom. The molecule has 0 saturated heterocycles. The molecule has 0 spiro atoms. The number of hydrogen-bond acceptors (Lipinski definition) is 2. The lowest BCUT2D eigenvalue weighted by atomic mass is 10.1. The summed E-state index contributed by atoms with van der Waals surface area (Å²) in [6.07, 6.45) is 0. The molecule has 0 bridgehead atoms. The molecule has 1 N–H and O–H groups in total. The zero-order valence-corrected chi connectivity index (χ0v) is 11.0. The van der Waals surface area contributed by atoms with Crippen LogP contribution in [0.1, 0.15) is 16.7 Å². The van der Waals surface area contributed by atoms with Gasteiger partial charge >= 0.3 is 0 Å². The van der Waals surface area contributed by atoms with Crippen LogP contribution in [0.5, 0.6) is 0 Å². The van der Waals surface area contributed by atoms with Crippen molar-refractivity contribution in [3.8, 4) is 6.07 Å². The molecule has 2 aromatic carbocycles. The molecule has 18 heavy (non-hydrogen) atoms. The maximum absolute atomic E-state index is 9.08. The van der Waals surface area contributed by atoms with E-state index >= 15 is 0 Å². The molecule has 0 unspecified atom stereocenters. The predicted octanol–water partition coefficient (Wildman–Crippen LogP) is 4.57. The number of rotatable bonds is 2. The van der Waals surface area contributed by atoms with Gasteiger partial charge in [-0.15, -0.1) is 0 Å². The van der Waals surface area contributed by atoms with Crippen molar-refractivity contribution >= 4 is 23.0 Å². The van der Waals surface area contributed by atoms with E-state index in [-0.39, 0.29) is 0 Å². The van der Waals surface area contributed by atoms with Crippen molar-refractivity contribution in [2.24, 2.45) is 0 Å². The van der Waals surface area contributed by atoms with Crippen LogP contribution in [0, 0.1) is 25.2 Å². The second kappa shape index (κ2) is 5.12. The molecule has 0 amide bonds. The van der Waals surface area contributed by atoms with Crippen LogP contribution >= 0.6 is 11.6 Å². The summed E-state index contributed by atoms with van der Waals surface area (Å²) in [6.45, 7) is 4.09. The Morgan fingerprint density at radius 1 is 1.06 bits per heavy atom.